The number of hydrogen-bond donors (Lipinski definition) is 1. The summed E-state index contributed by atoms with van der Waals surface area (Å²) in [6, 6.07) is 1.76. The standard InChI is InChI=1S/C10H11ClN4/c1-15-7-8(5-14-15)4-13-10-6-12-3-2-9(10)11/h2-3,5-7,13H,4H2,1H3. The lowest BCUT2D eigenvalue weighted by molar-refractivity contribution is 0.767. The van der Waals surface area contributed by atoms with Crippen molar-refractivity contribution in [3.63, 3.8) is 0 Å². The van der Waals surface area contributed by atoms with Crippen LogP contribution < -0.4 is 5.32 Å². The number of rotatable bonds is 3. The quantitative estimate of drug-likeness (QED) is 0.865. The molecule has 1 N–H and O–H groups in total. The van der Waals surface area contributed by atoms with Crippen LogP contribution >= 0.6 is 11.6 Å². The van der Waals surface area contributed by atoms with E-state index in [1.54, 1.807) is 23.1 Å². The van der Waals surface area contributed by atoms with Crippen LogP contribution in [0.1, 0.15) is 5.56 Å². The maximum absolute atomic E-state index is 5.97. The molecule has 2 heterocycles. The fourth-order valence-electron chi connectivity index (χ4n) is 1.27. The zero-order chi connectivity index (χ0) is 10.7. The number of aryl methyl sites for hydroxylation is 1. The van der Waals surface area contributed by atoms with Gasteiger partial charge in [-0.3, -0.25) is 9.67 Å². The molecular formula is C10H11ClN4. The van der Waals surface area contributed by atoms with Gasteiger partial charge in [-0.2, -0.15) is 5.10 Å². The van der Waals surface area contributed by atoms with E-state index in [-0.39, 0.29) is 0 Å². The summed E-state index contributed by atoms with van der Waals surface area (Å²) >= 11 is 5.97. The molecule has 0 bridgehead atoms. The Morgan fingerprint density at radius 3 is 3.00 bits per heavy atom. The number of hydrogen-bond acceptors (Lipinski definition) is 3. The minimum Gasteiger partial charge on any atom is -0.378 e. The largest absolute Gasteiger partial charge is 0.378 e. The third kappa shape index (κ3) is 2.47. The first-order valence-corrected chi connectivity index (χ1v) is 4.94. The molecule has 4 nitrogen and oxygen atoms in total. The van der Waals surface area contributed by atoms with Gasteiger partial charge in [0, 0.05) is 31.5 Å². The molecule has 0 aliphatic rings. The number of nitrogens with zero attached hydrogens (tertiary/aromatic N) is 3. The molecule has 0 saturated heterocycles. The van der Waals surface area contributed by atoms with Gasteiger partial charge in [0.1, 0.15) is 0 Å². The Balaban J connectivity index is 2.02. The third-order valence-corrected chi connectivity index (χ3v) is 2.34. The van der Waals surface area contributed by atoms with Crippen molar-refractivity contribution in [2.75, 3.05) is 5.32 Å². The maximum Gasteiger partial charge on any atom is 0.0718 e. The average Bonchev–Trinajstić information content (AvgIpc) is 2.63. The average molecular weight is 223 g/mol. The van der Waals surface area contributed by atoms with Gasteiger partial charge in [-0.15, -0.1) is 0 Å². The Kier molecular flexibility index (Phi) is 2.87. The minimum atomic E-state index is 0.675. The molecule has 0 amide bonds. The molecule has 2 aromatic heterocycles. The number of pyridine rings is 1. The highest BCUT2D eigenvalue weighted by molar-refractivity contribution is 6.33. The van der Waals surface area contributed by atoms with Crippen molar-refractivity contribution in [3.05, 3.63) is 41.4 Å². The van der Waals surface area contributed by atoms with E-state index in [0.29, 0.717) is 11.6 Å². The van der Waals surface area contributed by atoms with E-state index in [0.717, 1.165) is 11.3 Å². The van der Waals surface area contributed by atoms with Crippen LogP contribution in [0.25, 0.3) is 0 Å². The summed E-state index contributed by atoms with van der Waals surface area (Å²) in [7, 11) is 1.89. The number of aromatic nitrogens is 3. The van der Waals surface area contributed by atoms with Gasteiger partial charge < -0.3 is 5.32 Å². The summed E-state index contributed by atoms with van der Waals surface area (Å²) in [5.41, 5.74) is 1.94. The normalized spacial score (nSPS) is 10.3. The van der Waals surface area contributed by atoms with Crippen LogP contribution in [0, 0.1) is 0 Å². The fourth-order valence-corrected chi connectivity index (χ4v) is 1.44. The van der Waals surface area contributed by atoms with Crippen LogP contribution in [0.4, 0.5) is 5.69 Å². The van der Waals surface area contributed by atoms with Gasteiger partial charge in [0.2, 0.25) is 0 Å². The Labute approximate surface area is 92.9 Å². The summed E-state index contributed by atoms with van der Waals surface area (Å²) in [5, 5.41) is 7.95. The Morgan fingerprint density at radius 2 is 2.33 bits per heavy atom. The molecule has 15 heavy (non-hydrogen) atoms. The highest BCUT2D eigenvalue weighted by atomic mass is 35.5. The van der Waals surface area contributed by atoms with E-state index in [2.05, 4.69) is 15.4 Å². The van der Waals surface area contributed by atoms with Gasteiger partial charge in [0.25, 0.3) is 0 Å². The summed E-state index contributed by atoms with van der Waals surface area (Å²) in [6.45, 7) is 0.694. The Bertz CT molecular complexity index is 452. The van der Waals surface area contributed by atoms with Crippen LogP contribution in [-0.2, 0) is 13.6 Å². The monoisotopic (exact) mass is 222 g/mol. The van der Waals surface area contributed by atoms with Crippen LogP contribution in [0.15, 0.2) is 30.9 Å². The van der Waals surface area contributed by atoms with Crippen LogP contribution in [0.2, 0.25) is 5.02 Å². The first kappa shape index (κ1) is 9.98. The molecule has 0 radical (unpaired) electrons. The molecule has 78 valence electrons. The molecule has 0 atom stereocenters. The molecule has 0 saturated carbocycles. The molecular weight excluding hydrogens is 212 g/mol. The maximum atomic E-state index is 5.97. The molecule has 0 aliphatic heterocycles. The van der Waals surface area contributed by atoms with Crippen molar-refractivity contribution < 1.29 is 0 Å². The van der Waals surface area contributed by atoms with E-state index < -0.39 is 0 Å². The molecule has 0 aromatic carbocycles. The number of anilines is 1. The summed E-state index contributed by atoms with van der Waals surface area (Å²) in [6.07, 6.45) is 7.14. The second-order valence-electron chi connectivity index (χ2n) is 3.23. The molecule has 5 heteroatoms. The van der Waals surface area contributed by atoms with E-state index in [1.165, 1.54) is 0 Å². The zero-order valence-corrected chi connectivity index (χ0v) is 9.07. The molecule has 2 rings (SSSR count). The van der Waals surface area contributed by atoms with Crippen molar-refractivity contribution in [1.82, 2.24) is 14.8 Å². The fraction of sp³-hybridized carbons (Fsp3) is 0.200. The van der Waals surface area contributed by atoms with Gasteiger partial charge in [0.15, 0.2) is 0 Å². The summed E-state index contributed by atoms with van der Waals surface area (Å²) < 4.78 is 1.77. The van der Waals surface area contributed by atoms with E-state index in [9.17, 15) is 0 Å². The van der Waals surface area contributed by atoms with Crippen molar-refractivity contribution in [2.24, 2.45) is 7.05 Å². The first-order chi connectivity index (χ1) is 7.25. The topological polar surface area (TPSA) is 42.7 Å². The van der Waals surface area contributed by atoms with Gasteiger partial charge >= 0.3 is 0 Å². The van der Waals surface area contributed by atoms with Crippen molar-refractivity contribution in [3.8, 4) is 0 Å². The Morgan fingerprint density at radius 1 is 1.47 bits per heavy atom. The molecule has 0 aliphatic carbocycles. The van der Waals surface area contributed by atoms with Crippen LogP contribution in [0.5, 0.6) is 0 Å². The van der Waals surface area contributed by atoms with Crippen molar-refractivity contribution in [2.45, 2.75) is 6.54 Å². The third-order valence-electron chi connectivity index (χ3n) is 2.01. The molecule has 0 unspecified atom stereocenters. The van der Waals surface area contributed by atoms with Gasteiger partial charge in [-0.1, -0.05) is 11.6 Å². The van der Waals surface area contributed by atoms with Crippen LogP contribution in [-0.4, -0.2) is 14.8 Å². The van der Waals surface area contributed by atoms with Crippen molar-refractivity contribution >= 4 is 17.3 Å². The van der Waals surface area contributed by atoms with Crippen LogP contribution in [0.3, 0.4) is 0 Å². The second-order valence-corrected chi connectivity index (χ2v) is 3.64. The van der Waals surface area contributed by atoms with Gasteiger partial charge in [-0.25, -0.2) is 0 Å². The highest BCUT2D eigenvalue weighted by Gasteiger charge is 2.00. The number of halogens is 1. The van der Waals surface area contributed by atoms with E-state index in [1.807, 2.05) is 19.4 Å². The van der Waals surface area contributed by atoms with Gasteiger partial charge in [0.05, 0.1) is 23.1 Å². The summed E-state index contributed by atoms with van der Waals surface area (Å²) in [4.78, 5) is 4.00. The molecule has 0 fully saturated rings. The zero-order valence-electron chi connectivity index (χ0n) is 8.31. The summed E-state index contributed by atoms with van der Waals surface area (Å²) in [5.74, 6) is 0. The minimum absolute atomic E-state index is 0.675. The SMILES string of the molecule is Cn1cc(CNc2cnccc2Cl)cn1. The smallest absolute Gasteiger partial charge is 0.0718 e. The second kappa shape index (κ2) is 4.31. The lowest BCUT2D eigenvalue weighted by atomic mass is 10.3. The predicted molar refractivity (Wildman–Crippen MR) is 59.8 cm³/mol. The lowest BCUT2D eigenvalue weighted by Crippen LogP contribution is -1.99. The predicted octanol–water partition coefficient (Wildman–Crippen LogP) is 2.08. The van der Waals surface area contributed by atoms with E-state index in [4.69, 9.17) is 11.6 Å². The van der Waals surface area contributed by atoms with Gasteiger partial charge in [-0.05, 0) is 6.07 Å². The van der Waals surface area contributed by atoms with Crippen molar-refractivity contribution in [1.29, 1.82) is 0 Å². The first-order valence-electron chi connectivity index (χ1n) is 4.56. The van der Waals surface area contributed by atoms with E-state index >= 15 is 0 Å². The Hall–Kier alpha value is -1.55. The highest BCUT2D eigenvalue weighted by Crippen LogP contribution is 2.19. The molecule has 0 spiro atoms. The molecule has 2 aromatic rings. The number of nitrogens with one attached hydrogen (secondary N) is 1. The lowest BCUT2D eigenvalue weighted by Gasteiger charge is -2.05.